The molecular formula is C12H12ClN3O3S. The summed E-state index contributed by atoms with van der Waals surface area (Å²) in [5, 5.41) is 0.384. The molecule has 1 aromatic heterocycles. The molecule has 0 saturated carbocycles. The van der Waals surface area contributed by atoms with Gasteiger partial charge in [-0.15, -0.1) is 0 Å². The first kappa shape index (κ1) is 14.4. The van der Waals surface area contributed by atoms with Crippen LogP contribution in [0.3, 0.4) is 0 Å². The second-order valence-corrected chi connectivity index (χ2v) is 5.96. The van der Waals surface area contributed by atoms with Crippen molar-refractivity contribution in [2.24, 2.45) is 0 Å². The lowest BCUT2D eigenvalue weighted by Crippen LogP contribution is -2.14. The van der Waals surface area contributed by atoms with Crippen molar-refractivity contribution in [1.82, 2.24) is 4.98 Å². The molecule has 0 atom stereocenters. The predicted octanol–water partition coefficient (Wildman–Crippen LogP) is 2.13. The Hall–Kier alpha value is -1.99. The monoisotopic (exact) mass is 313 g/mol. The molecule has 0 aliphatic carbocycles. The van der Waals surface area contributed by atoms with Crippen LogP contribution in [0.25, 0.3) is 0 Å². The van der Waals surface area contributed by atoms with Gasteiger partial charge in [0.1, 0.15) is 16.5 Å². The van der Waals surface area contributed by atoms with E-state index in [9.17, 15) is 8.42 Å². The van der Waals surface area contributed by atoms with Gasteiger partial charge in [0, 0.05) is 11.1 Å². The quantitative estimate of drug-likeness (QED) is 0.901. The third-order valence-corrected chi connectivity index (χ3v) is 4.11. The highest BCUT2D eigenvalue weighted by Gasteiger charge is 2.20. The zero-order valence-corrected chi connectivity index (χ0v) is 12.1. The molecular weight excluding hydrogens is 302 g/mol. The number of nitrogen functional groups attached to an aromatic ring is 1. The first-order valence-corrected chi connectivity index (χ1v) is 7.36. The van der Waals surface area contributed by atoms with E-state index in [4.69, 9.17) is 22.1 Å². The van der Waals surface area contributed by atoms with Gasteiger partial charge in [-0.05, 0) is 24.3 Å². The Morgan fingerprint density at radius 1 is 1.30 bits per heavy atom. The highest BCUT2D eigenvalue weighted by molar-refractivity contribution is 7.92. The fourth-order valence-electron chi connectivity index (χ4n) is 1.54. The summed E-state index contributed by atoms with van der Waals surface area (Å²) in [5.74, 6) is 0.463. The molecule has 0 unspecified atom stereocenters. The smallest absolute Gasteiger partial charge is 0.265 e. The number of halogens is 1. The number of hydrogen-bond donors (Lipinski definition) is 2. The van der Waals surface area contributed by atoms with E-state index in [-0.39, 0.29) is 10.6 Å². The normalized spacial score (nSPS) is 11.1. The van der Waals surface area contributed by atoms with Gasteiger partial charge >= 0.3 is 0 Å². The van der Waals surface area contributed by atoms with E-state index in [0.29, 0.717) is 16.5 Å². The van der Waals surface area contributed by atoms with Crippen LogP contribution < -0.4 is 15.2 Å². The number of anilines is 2. The van der Waals surface area contributed by atoms with E-state index in [1.807, 2.05) is 0 Å². The molecule has 0 aliphatic heterocycles. The SMILES string of the molecule is COc1cc(Cl)ccc1S(=O)(=O)Nc1ccc(N)nc1. The van der Waals surface area contributed by atoms with Crippen LogP contribution in [0, 0.1) is 0 Å². The molecule has 0 aliphatic rings. The highest BCUT2D eigenvalue weighted by Crippen LogP contribution is 2.28. The Morgan fingerprint density at radius 2 is 2.05 bits per heavy atom. The van der Waals surface area contributed by atoms with Crippen LogP contribution >= 0.6 is 11.6 Å². The summed E-state index contributed by atoms with van der Waals surface area (Å²) < 4.78 is 32.0. The molecule has 0 radical (unpaired) electrons. The van der Waals surface area contributed by atoms with Gasteiger partial charge in [0.05, 0.1) is 19.0 Å². The van der Waals surface area contributed by atoms with E-state index < -0.39 is 10.0 Å². The molecule has 8 heteroatoms. The van der Waals surface area contributed by atoms with Crippen LogP contribution in [0.4, 0.5) is 11.5 Å². The van der Waals surface area contributed by atoms with Crippen molar-refractivity contribution in [3.63, 3.8) is 0 Å². The second-order valence-electron chi connectivity index (χ2n) is 3.87. The maximum atomic E-state index is 12.3. The molecule has 0 spiro atoms. The van der Waals surface area contributed by atoms with Crippen LogP contribution in [0.5, 0.6) is 5.75 Å². The standard InChI is InChI=1S/C12H12ClN3O3S/c1-19-10-6-8(13)2-4-11(10)20(17,18)16-9-3-5-12(14)15-7-9/h2-7,16H,1H3,(H2,14,15). The lowest BCUT2D eigenvalue weighted by atomic mass is 10.3. The van der Waals surface area contributed by atoms with Crippen LogP contribution in [-0.2, 0) is 10.0 Å². The van der Waals surface area contributed by atoms with Gasteiger partial charge < -0.3 is 10.5 Å². The lowest BCUT2D eigenvalue weighted by molar-refractivity contribution is 0.403. The lowest BCUT2D eigenvalue weighted by Gasteiger charge is -2.11. The molecule has 2 aromatic rings. The average Bonchev–Trinajstić information content (AvgIpc) is 2.40. The van der Waals surface area contributed by atoms with Crippen molar-refractivity contribution in [3.8, 4) is 5.75 Å². The fraction of sp³-hybridized carbons (Fsp3) is 0.0833. The minimum Gasteiger partial charge on any atom is -0.495 e. The van der Waals surface area contributed by atoms with Crippen LogP contribution in [0.1, 0.15) is 0 Å². The number of aromatic nitrogens is 1. The van der Waals surface area contributed by atoms with Crippen molar-refractivity contribution in [1.29, 1.82) is 0 Å². The summed E-state index contributed by atoms with van der Waals surface area (Å²) in [5.41, 5.74) is 5.74. The van der Waals surface area contributed by atoms with Crippen LogP contribution in [-0.4, -0.2) is 20.5 Å². The van der Waals surface area contributed by atoms with Gasteiger partial charge in [0.15, 0.2) is 0 Å². The largest absolute Gasteiger partial charge is 0.495 e. The molecule has 2 rings (SSSR count). The van der Waals surface area contributed by atoms with Gasteiger partial charge in [-0.3, -0.25) is 4.72 Å². The van der Waals surface area contributed by atoms with E-state index >= 15 is 0 Å². The molecule has 6 nitrogen and oxygen atoms in total. The number of nitrogens with two attached hydrogens (primary N) is 1. The molecule has 3 N–H and O–H groups in total. The average molecular weight is 314 g/mol. The summed E-state index contributed by atoms with van der Waals surface area (Å²) in [6, 6.07) is 7.28. The maximum absolute atomic E-state index is 12.3. The van der Waals surface area contributed by atoms with E-state index in [2.05, 4.69) is 9.71 Å². The summed E-state index contributed by atoms with van der Waals surface area (Å²) in [4.78, 5) is 3.80. The van der Waals surface area contributed by atoms with Gasteiger partial charge in [-0.1, -0.05) is 11.6 Å². The number of rotatable bonds is 4. The third kappa shape index (κ3) is 3.12. The van der Waals surface area contributed by atoms with Crippen molar-refractivity contribution < 1.29 is 13.2 Å². The van der Waals surface area contributed by atoms with Crippen LogP contribution in [0.2, 0.25) is 5.02 Å². The zero-order chi connectivity index (χ0) is 14.8. The number of hydrogen-bond acceptors (Lipinski definition) is 5. The Labute approximate surface area is 121 Å². The minimum atomic E-state index is -3.80. The number of pyridine rings is 1. The van der Waals surface area contributed by atoms with Gasteiger partial charge in [-0.2, -0.15) is 0 Å². The minimum absolute atomic E-state index is 0.0128. The molecule has 20 heavy (non-hydrogen) atoms. The fourth-order valence-corrected chi connectivity index (χ4v) is 2.90. The molecule has 1 aromatic carbocycles. The van der Waals surface area contributed by atoms with E-state index in [1.54, 1.807) is 0 Å². The molecule has 0 bridgehead atoms. The molecule has 0 saturated heterocycles. The highest BCUT2D eigenvalue weighted by atomic mass is 35.5. The topological polar surface area (TPSA) is 94.3 Å². The summed E-state index contributed by atoms with van der Waals surface area (Å²) >= 11 is 5.80. The van der Waals surface area contributed by atoms with Crippen molar-refractivity contribution in [2.45, 2.75) is 4.90 Å². The van der Waals surface area contributed by atoms with Gasteiger partial charge in [-0.25, -0.2) is 13.4 Å². The number of sulfonamides is 1. The molecule has 0 fully saturated rings. The number of nitrogens with one attached hydrogen (secondary N) is 1. The predicted molar refractivity (Wildman–Crippen MR) is 77.5 cm³/mol. The van der Waals surface area contributed by atoms with Gasteiger partial charge in [0.2, 0.25) is 0 Å². The Kier molecular flexibility index (Phi) is 4.01. The Morgan fingerprint density at radius 3 is 2.65 bits per heavy atom. The molecule has 0 amide bonds. The summed E-state index contributed by atoms with van der Waals surface area (Å²) in [7, 11) is -2.43. The van der Waals surface area contributed by atoms with Gasteiger partial charge in [0.25, 0.3) is 10.0 Å². The Bertz CT molecular complexity index is 717. The first-order chi connectivity index (χ1) is 9.42. The summed E-state index contributed by atoms with van der Waals surface area (Å²) in [6.45, 7) is 0. The molecule has 1 heterocycles. The number of nitrogens with zero attached hydrogens (tertiary/aromatic N) is 1. The third-order valence-electron chi connectivity index (χ3n) is 2.45. The second kappa shape index (κ2) is 5.56. The molecule has 106 valence electrons. The number of benzene rings is 1. The van der Waals surface area contributed by atoms with Crippen LogP contribution in [0.15, 0.2) is 41.4 Å². The first-order valence-electron chi connectivity index (χ1n) is 5.50. The van der Waals surface area contributed by atoms with E-state index in [0.717, 1.165) is 0 Å². The van der Waals surface area contributed by atoms with Crippen molar-refractivity contribution in [3.05, 3.63) is 41.6 Å². The van der Waals surface area contributed by atoms with Crippen molar-refractivity contribution in [2.75, 3.05) is 17.6 Å². The van der Waals surface area contributed by atoms with E-state index in [1.165, 1.54) is 43.6 Å². The zero-order valence-electron chi connectivity index (χ0n) is 10.5. The number of ether oxygens (including phenoxy) is 1. The van der Waals surface area contributed by atoms with Crippen molar-refractivity contribution >= 4 is 33.1 Å². The number of methoxy groups -OCH3 is 1. The Balaban J connectivity index is 2.38. The maximum Gasteiger partial charge on any atom is 0.265 e. The summed E-state index contributed by atoms with van der Waals surface area (Å²) in [6.07, 6.45) is 1.33.